The van der Waals surface area contributed by atoms with E-state index in [1.807, 2.05) is 0 Å². The molecule has 0 aromatic carbocycles. The molecule has 2 aromatic heterocycles. The summed E-state index contributed by atoms with van der Waals surface area (Å²) in [6.45, 7) is 1.73. The number of aryl methyl sites for hydroxylation is 1. The van der Waals surface area contributed by atoms with Crippen molar-refractivity contribution in [2.24, 2.45) is 0 Å². The first-order valence-corrected chi connectivity index (χ1v) is 7.08. The van der Waals surface area contributed by atoms with E-state index in [0.29, 0.717) is 5.01 Å². The van der Waals surface area contributed by atoms with Crippen LogP contribution in [0, 0.1) is 6.92 Å². The zero-order valence-electron chi connectivity index (χ0n) is 8.58. The van der Waals surface area contributed by atoms with Crippen molar-refractivity contribution in [2.45, 2.75) is 11.1 Å². The van der Waals surface area contributed by atoms with E-state index in [0.717, 1.165) is 11.3 Å². The van der Waals surface area contributed by atoms with Gasteiger partial charge in [-0.05, 0) is 6.92 Å². The van der Waals surface area contributed by atoms with Crippen LogP contribution >= 0.6 is 22.9 Å². The molecule has 17 heavy (non-hydrogen) atoms. The summed E-state index contributed by atoms with van der Waals surface area (Å²) in [6.07, 6.45) is 3.88. The maximum absolute atomic E-state index is 11.9. The standard InChI is InChI=1S/C8H7ClN4O2S2/c1-5-11-4-8(16-5)17(14,15)13-7-3-10-2-6(9)12-7/h2-4H,1H3,(H,12,13). The van der Waals surface area contributed by atoms with Crippen molar-refractivity contribution in [1.29, 1.82) is 0 Å². The summed E-state index contributed by atoms with van der Waals surface area (Å²) in [7, 11) is -3.66. The third-order valence-electron chi connectivity index (χ3n) is 1.71. The summed E-state index contributed by atoms with van der Waals surface area (Å²) < 4.78 is 26.1. The van der Waals surface area contributed by atoms with E-state index in [4.69, 9.17) is 11.6 Å². The van der Waals surface area contributed by atoms with Gasteiger partial charge < -0.3 is 0 Å². The first kappa shape index (κ1) is 12.2. The molecule has 0 radical (unpaired) electrons. The van der Waals surface area contributed by atoms with Gasteiger partial charge in [0.2, 0.25) is 0 Å². The number of rotatable bonds is 3. The number of anilines is 1. The molecule has 0 atom stereocenters. The lowest BCUT2D eigenvalue weighted by molar-refractivity contribution is 0.602. The third kappa shape index (κ3) is 2.90. The molecular weight excluding hydrogens is 284 g/mol. The van der Waals surface area contributed by atoms with Crippen LogP contribution in [0.5, 0.6) is 0 Å². The van der Waals surface area contributed by atoms with Gasteiger partial charge in [-0.1, -0.05) is 11.6 Å². The van der Waals surface area contributed by atoms with Gasteiger partial charge in [0.25, 0.3) is 10.0 Å². The Morgan fingerprint density at radius 2 is 2.12 bits per heavy atom. The summed E-state index contributed by atoms with van der Waals surface area (Å²) in [4.78, 5) is 11.4. The largest absolute Gasteiger partial charge is 0.274 e. The number of hydrogen-bond acceptors (Lipinski definition) is 6. The number of hydrogen-bond donors (Lipinski definition) is 1. The first-order chi connectivity index (χ1) is 7.97. The molecule has 2 aromatic rings. The van der Waals surface area contributed by atoms with Gasteiger partial charge in [-0.3, -0.25) is 9.71 Å². The molecule has 0 saturated carbocycles. The van der Waals surface area contributed by atoms with E-state index in [1.54, 1.807) is 6.92 Å². The molecule has 0 amide bonds. The molecule has 6 nitrogen and oxygen atoms in total. The second-order valence-electron chi connectivity index (χ2n) is 3.03. The highest BCUT2D eigenvalue weighted by atomic mass is 35.5. The molecule has 2 rings (SSSR count). The molecule has 2 heterocycles. The maximum Gasteiger partial charge on any atom is 0.274 e. The molecule has 0 fully saturated rings. The highest BCUT2D eigenvalue weighted by Gasteiger charge is 2.17. The number of nitrogens with zero attached hydrogens (tertiary/aromatic N) is 3. The first-order valence-electron chi connectivity index (χ1n) is 4.40. The average molecular weight is 291 g/mol. The Morgan fingerprint density at radius 3 is 2.71 bits per heavy atom. The molecule has 0 saturated heterocycles. The van der Waals surface area contributed by atoms with E-state index < -0.39 is 10.0 Å². The maximum atomic E-state index is 11.9. The van der Waals surface area contributed by atoms with Crippen molar-refractivity contribution >= 4 is 38.8 Å². The molecule has 0 aliphatic rings. The molecule has 0 aliphatic heterocycles. The van der Waals surface area contributed by atoms with Crippen molar-refractivity contribution in [3.63, 3.8) is 0 Å². The van der Waals surface area contributed by atoms with Crippen LogP contribution < -0.4 is 4.72 Å². The fraction of sp³-hybridized carbons (Fsp3) is 0.125. The summed E-state index contributed by atoms with van der Waals surface area (Å²) in [5.41, 5.74) is 0. The van der Waals surface area contributed by atoms with Gasteiger partial charge in [-0.2, -0.15) is 0 Å². The van der Waals surface area contributed by atoms with Crippen LogP contribution in [0.3, 0.4) is 0 Å². The molecule has 9 heteroatoms. The summed E-state index contributed by atoms with van der Waals surface area (Å²) in [5, 5.41) is 0.785. The van der Waals surface area contributed by atoms with Crippen LogP contribution in [0.15, 0.2) is 22.8 Å². The van der Waals surface area contributed by atoms with Crippen molar-refractivity contribution < 1.29 is 8.42 Å². The SMILES string of the molecule is Cc1ncc(S(=O)(=O)Nc2cncc(Cl)n2)s1. The van der Waals surface area contributed by atoms with E-state index in [-0.39, 0.29) is 15.2 Å². The highest BCUT2D eigenvalue weighted by molar-refractivity contribution is 7.94. The fourth-order valence-electron chi connectivity index (χ4n) is 1.05. The number of thiazole rings is 1. The quantitative estimate of drug-likeness (QED) is 0.930. The zero-order valence-corrected chi connectivity index (χ0v) is 11.0. The summed E-state index contributed by atoms with van der Waals surface area (Å²) in [5.74, 6) is 0.0727. The molecule has 90 valence electrons. The normalized spacial score (nSPS) is 11.4. The second-order valence-corrected chi connectivity index (χ2v) is 6.56. The number of sulfonamides is 1. The molecule has 0 unspecified atom stereocenters. The van der Waals surface area contributed by atoms with E-state index in [9.17, 15) is 8.42 Å². The molecule has 0 aliphatic carbocycles. The van der Waals surface area contributed by atoms with Crippen molar-refractivity contribution in [1.82, 2.24) is 15.0 Å². The Balaban J connectivity index is 2.29. The van der Waals surface area contributed by atoms with Gasteiger partial charge in [0.05, 0.1) is 23.6 Å². The van der Waals surface area contributed by atoms with Gasteiger partial charge in [-0.25, -0.2) is 18.4 Å². The minimum absolute atomic E-state index is 0.0727. The molecular formula is C8H7ClN4O2S2. The number of aromatic nitrogens is 3. The Bertz CT molecular complexity index is 640. The summed E-state index contributed by atoms with van der Waals surface area (Å²) in [6, 6.07) is 0. The Hall–Kier alpha value is -1.25. The highest BCUT2D eigenvalue weighted by Crippen LogP contribution is 2.20. The van der Waals surface area contributed by atoms with Gasteiger partial charge >= 0.3 is 0 Å². The summed E-state index contributed by atoms with van der Waals surface area (Å²) >= 11 is 6.68. The van der Waals surface area contributed by atoms with Gasteiger partial charge in [0.15, 0.2) is 10.0 Å². The average Bonchev–Trinajstić information content (AvgIpc) is 2.65. The lowest BCUT2D eigenvalue weighted by Crippen LogP contribution is -2.12. The molecule has 1 N–H and O–H groups in total. The molecule has 0 spiro atoms. The van der Waals surface area contributed by atoms with Crippen LogP contribution in [-0.4, -0.2) is 23.4 Å². The minimum atomic E-state index is -3.66. The van der Waals surface area contributed by atoms with E-state index >= 15 is 0 Å². The predicted octanol–water partition coefficient (Wildman–Crippen LogP) is 1.70. The predicted molar refractivity (Wildman–Crippen MR) is 64.7 cm³/mol. The monoisotopic (exact) mass is 290 g/mol. The third-order valence-corrected chi connectivity index (χ3v) is 4.62. The fourth-order valence-corrected chi connectivity index (χ4v) is 3.29. The van der Waals surface area contributed by atoms with Crippen LogP contribution in [0.25, 0.3) is 0 Å². The molecule has 0 bridgehead atoms. The van der Waals surface area contributed by atoms with Crippen molar-refractivity contribution in [2.75, 3.05) is 4.72 Å². The van der Waals surface area contributed by atoms with Crippen molar-refractivity contribution in [3.8, 4) is 0 Å². The van der Waals surface area contributed by atoms with E-state index in [1.165, 1.54) is 18.6 Å². The van der Waals surface area contributed by atoms with Crippen LogP contribution in [-0.2, 0) is 10.0 Å². The number of halogens is 1. The minimum Gasteiger partial charge on any atom is -0.261 e. The topological polar surface area (TPSA) is 84.8 Å². The lowest BCUT2D eigenvalue weighted by Gasteiger charge is -2.03. The Morgan fingerprint density at radius 1 is 1.35 bits per heavy atom. The van der Waals surface area contributed by atoms with Gasteiger partial charge in [0.1, 0.15) is 5.15 Å². The van der Waals surface area contributed by atoms with Crippen molar-refractivity contribution in [3.05, 3.63) is 28.8 Å². The van der Waals surface area contributed by atoms with Gasteiger partial charge in [-0.15, -0.1) is 11.3 Å². The van der Waals surface area contributed by atoms with Crippen LogP contribution in [0.1, 0.15) is 5.01 Å². The lowest BCUT2D eigenvalue weighted by atomic mass is 10.7. The Labute approximate surface area is 107 Å². The van der Waals surface area contributed by atoms with E-state index in [2.05, 4.69) is 19.7 Å². The van der Waals surface area contributed by atoms with Crippen LogP contribution in [0.4, 0.5) is 5.82 Å². The Kier molecular flexibility index (Phi) is 3.27. The van der Waals surface area contributed by atoms with Gasteiger partial charge in [0, 0.05) is 0 Å². The number of nitrogens with one attached hydrogen (secondary N) is 1. The smallest absolute Gasteiger partial charge is 0.261 e. The zero-order chi connectivity index (χ0) is 12.5. The second kappa shape index (κ2) is 4.55. The van der Waals surface area contributed by atoms with Crippen LogP contribution in [0.2, 0.25) is 5.15 Å².